The molecule has 0 fully saturated rings. The van der Waals surface area contributed by atoms with E-state index < -0.39 is 0 Å². The lowest BCUT2D eigenvalue weighted by molar-refractivity contribution is 0.234. The maximum atomic E-state index is 5.23. The largest absolute Gasteiger partial charge is 0.496 e. The molecule has 0 amide bonds. The molecule has 1 unspecified atom stereocenters. The minimum Gasteiger partial charge on any atom is -0.496 e. The Morgan fingerprint density at radius 2 is 1.94 bits per heavy atom. The SMILES string of the molecule is CCN(CC)C(C)c1ccc(OC)c(Br)c1. The Morgan fingerprint density at radius 1 is 1.31 bits per heavy atom. The highest BCUT2D eigenvalue weighted by Crippen LogP contribution is 2.29. The summed E-state index contributed by atoms with van der Waals surface area (Å²) in [5.74, 6) is 0.885. The van der Waals surface area contributed by atoms with Crippen LogP contribution >= 0.6 is 15.9 Å². The molecule has 0 spiro atoms. The van der Waals surface area contributed by atoms with Crippen LogP contribution in [-0.4, -0.2) is 25.1 Å². The topological polar surface area (TPSA) is 12.5 Å². The fraction of sp³-hybridized carbons (Fsp3) is 0.538. The lowest BCUT2D eigenvalue weighted by Gasteiger charge is -2.27. The molecule has 0 aliphatic rings. The van der Waals surface area contributed by atoms with Gasteiger partial charge < -0.3 is 4.74 Å². The molecular weight excluding hydrogens is 266 g/mol. The van der Waals surface area contributed by atoms with Crippen LogP contribution in [0.15, 0.2) is 22.7 Å². The lowest BCUT2D eigenvalue weighted by atomic mass is 10.1. The van der Waals surface area contributed by atoms with Crippen molar-refractivity contribution < 1.29 is 4.74 Å². The van der Waals surface area contributed by atoms with E-state index in [1.807, 2.05) is 6.07 Å². The third kappa shape index (κ3) is 2.98. The van der Waals surface area contributed by atoms with Crippen LogP contribution < -0.4 is 4.74 Å². The summed E-state index contributed by atoms with van der Waals surface area (Å²) in [6, 6.07) is 6.73. The zero-order chi connectivity index (χ0) is 12.1. The standard InChI is InChI=1S/C13H20BrNO/c1-5-15(6-2)10(3)11-7-8-13(16-4)12(14)9-11/h7-10H,5-6H2,1-4H3. The van der Waals surface area contributed by atoms with E-state index in [9.17, 15) is 0 Å². The van der Waals surface area contributed by atoms with Gasteiger partial charge in [-0.25, -0.2) is 0 Å². The van der Waals surface area contributed by atoms with E-state index >= 15 is 0 Å². The Balaban J connectivity index is 2.91. The zero-order valence-electron chi connectivity index (χ0n) is 10.5. The van der Waals surface area contributed by atoms with Crippen LogP contribution in [0.3, 0.4) is 0 Å². The van der Waals surface area contributed by atoms with Crippen LogP contribution in [0.25, 0.3) is 0 Å². The first-order valence-corrected chi connectivity index (χ1v) is 6.50. The number of methoxy groups -OCH3 is 1. The van der Waals surface area contributed by atoms with Crippen molar-refractivity contribution in [2.75, 3.05) is 20.2 Å². The molecule has 16 heavy (non-hydrogen) atoms. The monoisotopic (exact) mass is 285 g/mol. The highest BCUT2D eigenvalue weighted by molar-refractivity contribution is 9.10. The highest BCUT2D eigenvalue weighted by atomic mass is 79.9. The van der Waals surface area contributed by atoms with Gasteiger partial charge >= 0.3 is 0 Å². The van der Waals surface area contributed by atoms with Gasteiger partial charge in [-0.1, -0.05) is 19.9 Å². The molecule has 0 bridgehead atoms. The molecule has 1 aromatic rings. The van der Waals surface area contributed by atoms with Gasteiger partial charge in [0.25, 0.3) is 0 Å². The molecule has 1 aromatic carbocycles. The molecular formula is C13H20BrNO. The molecule has 0 aliphatic carbocycles. The summed E-state index contributed by atoms with van der Waals surface area (Å²) in [5.41, 5.74) is 1.32. The number of rotatable bonds is 5. The second-order valence-corrected chi connectivity index (χ2v) is 4.65. The molecule has 3 heteroatoms. The fourth-order valence-electron chi connectivity index (χ4n) is 1.92. The number of benzene rings is 1. The second kappa shape index (κ2) is 6.26. The van der Waals surface area contributed by atoms with E-state index in [0.29, 0.717) is 6.04 Å². The van der Waals surface area contributed by atoms with Crippen LogP contribution in [0, 0.1) is 0 Å². The van der Waals surface area contributed by atoms with Gasteiger partial charge in [0, 0.05) is 6.04 Å². The van der Waals surface area contributed by atoms with Gasteiger partial charge in [0.2, 0.25) is 0 Å². The Kier molecular flexibility index (Phi) is 5.29. The van der Waals surface area contributed by atoms with Crippen molar-refractivity contribution in [1.29, 1.82) is 0 Å². The molecule has 0 heterocycles. The quantitative estimate of drug-likeness (QED) is 0.815. The molecule has 1 atom stereocenters. The third-order valence-electron chi connectivity index (χ3n) is 3.02. The highest BCUT2D eigenvalue weighted by Gasteiger charge is 2.13. The average molecular weight is 286 g/mol. The summed E-state index contributed by atoms with van der Waals surface area (Å²) in [4.78, 5) is 2.42. The molecule has 0 aromatic heterocycles. The van der Waals surface area contributed by atoms with Crippen molar-refractivity contribution >= 4 is 15.9 Å². The smallest absolute Gasteiger partial charge is 0.133 e. The zero-order valence-corrected chi connectivity index (χ0v) is 12.0. The van der Waals surface area contributed by atoms with Crippen molar-refractivity contribution in [2.45, 2.75) is 26.8 Å². The first kappa shape index (κ1) is 13.5. The number of hydrogen-bond acceptors (Lipinski definition) is 2. The summed E-state index contributed by atoms with van der Waals surface area (Å²) >= 11 is 3.53. The number of halogens is 1. The Labute approximate surface area is 107 Å². The van der Waals surface area contributed by atoms with Crippen LogP contribution in [0.5, 0.6) is 5.75 Å². The van der Waals surface area contributed by atoms with Gasteiger partial charge in [0.15, 0.2) is 0 Å². The normalized spacial score (nSPS) is 12.9. The lowest BCUT2D eigenvalue weighted by Crippen LogP contribution is -2.26. The van der Waals surface area contributed by atoms with Crippen LogP contribution in [0.2, 0.25) is 0 Å². The minimum atomic E-state index is 0.442. The number of hydrogen-bond donors (Lipinski definition) is 0. The molecule has 0 radical (unpaired) electrons. The Hall–Kier alpha value is -0.540. The van der Waals surface area contributed by atoms with Crippen molar-refractivity contribution in [2.24, 2.45) is 0 Å². The maximum absolute atomic E-state index is 5.23. The third-order valence-corrected chi connectivity index (χ3v) is 3.64. The Bertz CT molecular complexity index is 337. The van der Waals surface area contributed by atoms with Gasteiger partial charge in [-0.2, -0.15) is 0 Å². The summed E-state index contributed by atoms with van der Waals surface area (Å²) in [5, 5.41) is 0. The predicted molar refractivity (Wildman–Crippen MR) is 72.0 cm³/mol. The molecule has 0 saturated carbocycles. The molecule has 0 saturated heterocycles. The molecule has 2 nitrogen and oxygen atoms in total. The number of nitrogens with zero attached hydrogens (tertiary/aromatic N) is 1. The van der Waals surface area contributed by atoms with Crippen molar-refractivity contribution in [3.8, 4) is 5.75 Å². The minimum absolute atomic E-state index is 0.442. The van der Waals surface area contributed by atoms with Gasteiger partial charge in [-0.15, -0.1) is 0 Å². The fourth-order valence-corrected chi connectivity index (χ4v) is 2.48. The number of ether oxygens (including phenoxy) is 1. The maximum Gasteiger partial charge on any atom is 0.133 e. The summed E-state index contributed by atoms with van der Waals surface area (Å²) in [7, 11) is 1.69. The van der Waals surface area contributed by atoms with Gasteiger partial charge in [0.05, 0.1) is 11.6 Å². The molecule has 1 rings (SSSR count). The van der Waals surface area contributed by atoms with E-state index in [4.69, 9.17) is 4.74 Å². The van der Waals surface area contributed by atoms with Crippen molar-refractivity contribution in [1.82, 2.24) is 4.90 Å². The summed E-state index contributed by atoms with van der Waals surface area (Å²) in [6.07, 6.45) is 0. The van der Waals surface area contributed by atoms with Gasteiger partial charge in [0.1, 0.15) is 5.75 Å². The van der Waals surface area contributed by atoms with Crippen molar-refractivity contribution in [3.63, 3.8) is 0 Å². The van der Waals surface area contributed by atoms with Crippen LogP contribution in [-0.2, 0) is 0 Å². The van der Waals surface area contributed by atoms with Crippen LogP contribution in [0.4, 0.5) is 0 Å². The van der Waals surface area contributed by atoms with Crippen molar-refractivity contribution in [3.05, 3.63) is 28.2 Å². The first-order chi connectivity index (χ1) is 7.63. The van der Waals surface area contributed by atoms with E-state index in [2.05, 4.69) is 53.7 Å². The van der Waals surface area contributed by atoms with E-state index in [1.165, 1.54) is 5.56 Å². The molecule has 90 valence electrons. The van der Waals surface area contributed by atoms with Gasteiger partial charge in [-0.3, -0.25) is 4.90 Å². The van der Waals surface area contributed by atoms with Crippen LogP contribution in [0.1, 0.15) is 32.4 Å². The van der Waals surface area contributed by atoms with E-state index in [1.54, 1.807) is 7.11 Å². The predicted octanol–water partition coefficient (Wildman–Crippen LogP) is 3.86. The second-order valence-electron chi connectivity index (χ2n) is 3.79. The van der Waals surface area contributed by atoms with Gasteiger partial charge in [-0.05, 0) is 53.6 Å². The average Bonchev–Trinajstić information content (AvgIpc) is 2.30. The first-order valence-electron chi connectivity index (χ1n) is 5.71. The summed E-state index contributed by atoms with van der Waals surface area (Å²) in [6.45, 7) is 8.76. The van der Waals surface area contributed by atoms with E-state index in [0.717, 1.165) is 23.3 Å². The molecule has 0 aliphatic heterocycles. The summed E-state index contributed by atoms with van der Waals surface area (Å²) < 4.78 is 6.25. The Morgan fingerprint density at radius 3 is 2.38 bits per heavy atom. The molecule has 0 N–H and O–H groups in total. The van der Waals surface area contributed by atoms with E-state index in [-0.39, 0.29) is 0 Å².